The number of halogens is 2. The maximum absolute atomic E-state index is 12.8. The third-order valence-corrected chi connectivity index (χ3v) is 3.19. The Kier molecular flexibility index (Phi) is 3.79. The largest absolute Gasteiger partial charge is 0.393 e. The Morgan fingerprint density at radius 1 is 1.44 bits per heavy atom. The quantitative estimate of drug-likeness (QED) is 0.883. The lowest BCUT2D eigenvalue weighted by molar-refractivity contribution is -0.0145. The number of ether oxygens (including phenoxy) is 1. The second-order valence-corrected chi connectivity index (χ2v) is 4.65. The molecule has 0 amide bonds. The maximum Gasteiger partial charge on any atom is 0.124 e. The molecule has 88 valence electrons. The summed E-state index contributed by atoms with van der Waals surface area (Å²) < 4.78 is 18.2. The summed E-state index contributed by atoms with van der Waals surface area (Å²) in [5.41, 5.74) is 0.794. The topological polar surface area (TPSA) is 29.5 Å². The predicted octanol–water partition coefficient (Wildman–Crippen LogP) is 2.77. The zero-order valence-corrected chi connectivity index (χ0v) is 9.58. The molecular weight excluding hydrogens is 231 g/mol. The molecule has 0 atom stereocenters. The van der Waals surface area contributed by atoms with Crippen molar-refractivity contribution in [2.75, 3.05) is 6.61 Å². The Morgan fingerprint density at radius 3 is 2.81 bits per heavy atom. The third-order valence-electron chi connectivity index (χ3n) is 2.84. The lowest BCUT2D eigenvalue weighted by Gasteiger charge is -2.30. The van der Waals surface area contributed by atoms with E-state index in [1.807, 2.05) is 0 Å². The van der Waals surface area contributed by atoms with Crippen LogP contribution in [0.1, 0.15) is 18.4 Å². The summed E-state index contributed by atoms with van der Waals surface area (Å²) in [6.07, 6.45) is 1.48. The number of benzene rings is 1. The van der Waals surface area contributed by atoms with Crippen molar-refractivity contribution in [2.45, 2.75) is 25.6 Å². The smallest absolute Gasteiger partial charge is 0.124 e. The van der Waals surface area contributed by atoms with Crippen molar-refractivity contribution in [1.82, 2.24) is 0 Å². The summed E-state index contributed by atoms with van der Waals surface area (Å²) >= 11 is 5.86. The molecular formula is C12H14ClFO2. The molecule has 1 aliphatic rings. The van der Waals surface area contributed by atoms with Crippen LogP contribution in [0.5, 0.6) is 0 Å². The Hall–Kier alpha value is -0.640. The fraction of sp³-hybridized carbons (Fsp3) is 0.500. The first-order valence-corrected chi connectivity index (χ1v) is 5.72. The summed E-state index contributed by atoms with van der Waals surface area (Å²) in [4.78, 5) is 0. The predicted molar refractivity (Wildman–Crippen MR) is 59.8 cm³/mol. The van der Waals surface area contributed by atoms with Crippen molar-refractivity contribution in [3.8, 4) is 0 Å². The SMILES string of the molecule is OC1CC(COCc2ccc(F)cc2Cl)C1. The van der Waals surface area contributed by atoms with Gasteiger partial charge in [-0.2, -0.15) is 0 Å². The van der Waals surface area contributed by atoms with E-state index in [0.717, 1.165) is 18.4 Å². The number of hydrogen-bond acceptors (Lipinski definition) is 2. The molecule has 1 aromatic rings. The van der Waals surface area contributed by atoms with Gasteiger partial charge in [-0.25, -0.2) is 4.39 Å². The molecule has 0 heterocycles. The van der Waals surface area contributed by atoms with E-state index in [1.165, 1.54) is 12.1 Å². The van der Waals surface area contributed by atoms with Gasteiger partial charge in [-0.3, -0.25) is 0 Å². The maximum atomic E-state index is 12.8. The summed E-state index contributed by atoms with van der Waals surface area (Å²) in [5.74, 6) is 0.116. The second kappa shape index (κ2) is 5.13. The van der Waals surface area contributed by atoms with Crippen LogP contribution in [-0.4, -0.2) is 17.8 Å². The molecule has 2 rings (SSSR count). The molecule has 0 radical (unpaired) electrons. The van der Waals surface area contributed by atoms with Gasteiger partial charge in [-0.1, -0.05) is 17.7 Å². The molecule has 0 aliphatic heterocycles. The van der Waals surface area contributed by atoms with E-state index < -0.39 is 0 Å². The summed E-state index contributed by atoms with van der Waals surface area (Å²) in [5, 5.41) is 9.49. The zero-order chi connectivity index (χ0) is 11.5. The Bertz CT molecular complexity index is 364. The molecule has 1 aliphatic carbocycles. The highest BCUT2D eigenvalue weighted by molar-refractivity contribution is 6.31. The van der Waals surface area contributed by atoms with Crippen LogP contribution >= 0.6 is 11.6 Å². The molecule has 1 N–H and O–H groups in total. The molecule has 4 heteroatoms. The molecule has 1 saturated carbocycles. The number of aliphatic hydroxyl groups excluding tert-OH is 1. The fourth-order valence-electron chi connectivity index (χ4n) is 1.81. The van der Waals surface area contributed by atoms with Gasteiger partial charge in [0.25, 0.3) is 0 Å². The van der Waals surface area contributed by atoms with Gasteiger partial charge >= 0.3 is 0 Å². The number of rotatable bonds is 4. The van der Waals surface area contributed by atoms with Gasteiger partial charge in [-0.05, 0) is 36.5 Å². The van der Waals surface area contributed by atoms with Crippen LogP contribution < -0.4 is 0 Å². The minimum Gasteiger partial charge on any atom is -0.393 e. The summed E-state index contributed by atoms with van der Waals surface area (Å²) in [6, 6.07) is 4.29. The van der Waals surface area contributed by atoms with Crippen LogP contribution in [0.2, 0.25) is 5.02 Å². The van der Waals surface area contributed by atoms with Crippen LogP contribution in [0, 0.1) is 11.7 Å². The average Bonchev–Trinajstić information content (AvgIpc) is 2.18. The van der Waals surface area contributed by atoms with E-state index in [0.29, 0.717) is 24.2 Å². The summed E-state index contributed by atoms with van der Waals surface area (Å²) in [6.45, 7) is 1.02. The van der Waals surface area contributed by atoms with Crippen LogP contribution in [0.25, 0.3) is 0 Å². The highest BCUT2D eigenvalue weighted by Gasteiger charge is 2.26. The van der Waals surface area contributed by atoms with Crippen molar-refractivity contribution in [3.63, 3.8) is 0 Å². The number of hydrogen-bond donors (Lipinski definition) is 1. The van der Waals surface area contributed by atoms with Gasteiger partial charge in [0.1, 0.15) is 5.82 Å². The fourth-order valence-corrected chi connectivity index (χ4v) is 2.03. The highest BCUT2D eigenvalue weighted by atomic mass is 35.5. The van der Waals surface area contributed by atoms with Crippen LogP contribution in [0.15, 0.2) is 18.2 Å². The Labute approximate surface area is 99.0 Å². The molecule has 0 bridgehead atoms. The van der Waals surface area contributed by atoms with Crippen LogP contribution in [-0.2, 0) is 11.3 Å². The normalized spacial score (nSPS) is 24.2. The molecule has 1 aromatic carbocycles. The Morgan fingerprint density at radius 2 is 2.19 bits per heavy atom. The van der Waals surface area contributed by atoms with Crippen molar-refractivity contribution >= 4 is 11.6 Å². The van der Waals surface area contributed by atoms with Gasteiger partial charge in [0.05, 0.1) is 19.3 Å². The molecule has 0 spiro atoms. The monoisotopic (exact) mass is 244 g/mol. The average molecular weight is 245 g/mol. The van der Waals surface area contributed by atoms with Gasteiger partial charge < -0.3 is 9.84 Å². The van der Waals surface area contributed by atoms with Crippen molar-refractivity contribution < 1.29 is 14.2 Å². The minimum absolute atomic E-state index is 0.150. The van der Waals surface area contributed by atoms with Gasteiger partial charge in [0.2, 0.25) is 0 Å². The molecule has 1 fully saturated rings. The van der Waals surface area contributed by atoms with Crippen LogP contribution in [0.3, 0.4) is 0 Å². The van der Waals surface area contributed by atoms with Crippen molar-refractivity contribution in [1.29, 1.82) is 0 Å². The lowest BCUT2D eigenvalue weighted by Crippen LogP contribution is -2.31. The first kappa shape index (κ1) is 11.8. The first-order valence-electron chi connectivity index (χ1n) is 5.35. The standard InChI is InChI=1S/C12H14ClFO2/c13-12-5-10(14)2-1-9(12)7-16-6-8-3-11(15)4-8/h1-2,5,8,11,15H,3-4,6-7H2. The van der Waals surface area contributed by atoms with Gasteiger partial charge in [0.15, 0.2) is 0 Å². The Balaban J connectivity index is 1.76. The lowest BCUT2D eigenvalue weighted by atomic mass is 9.83. The minimum atomic E-state index is -0.337. The van der Waals surface area contributed by atoms with E-state index in [4.69, 9.17) is 21.4 Å². The second-order valence-electron chi connectivity index (χ2n) is 4.24. The van der Waals surface area contributed by atoms with Crippen molar-refractivity contribution in [3.05, 3.63) is 34.6 Å². The van der Waals surface area contributed by atoms with Crippen molar-refractivity contribution in [2.24, 2.45) is 5.92 Å². The molecule has 0 unspecified atom stereocenters. The molecule has 0 saturated heterocycles. The zero-order valence-electron chi connectivity index (χ0n) is 8.83. The van der Waals surface area contributed by atoms with E-state index in [-0.39, 0.29) is 11.9 Å². The van der Waals surface area contributed by atoms with Crippen LogP contribution in [0.4, 0.5) is 4.39 Å². The van der Waals surface area contributed by atoms with E-state index in [9.17, 15) is 4.39 Å². The summed E-state index contributed by atoms with van der Waals surface area (Å²) in [7, 11) is 0. The van der Waals surface area contributed by atoms with Gasteiger partial charge in [-0.15, -0.1) is 0 Å². The molecule has 2 nitrogen and oxygen atoms in total. The van der Waals surface area contributed by atoms with E-state index in [2.05, 4.69) is 0 Å². The number of aliphatic hydroxyl groups is 1. The molecule has 16 heavy (non-hydrogen) atoms. The van der Waals surface area contributed by atoms with E-state index >= 15 is 0 Å². The van der Waals surface area contributed by atoms with E-state index in [1.54, 1.807) is 6.07 Å². The molecule has 0 aromatic heterocycles. The highest BCUT2D eigenvalue weighted by Crippen LogP contribution is 2.27. The van der Waals surface area contributed by atoms with Gasteiger partial charge in [0, 0.05) is 5.02 Å². The first-order chi connectivity index (χ1) is 7.65. The third kappa shape index (κ3) is 2.94.